The van der Waals surface area contributed by atoms with Gasteiger partial charge in [-0.3, -0.25) is 9.36 Å². The second kappa shape index (κ2) is 8.34. The summed E-state index contributed by atoms with van der Waals surface area (Å²) in [5.41, 5.74) is -0.593. The number of rotatable bonds is 5. The lowest BCUT2D eigenvalue weighted by molar-refractivity contribution is 0.0264. The van der Waals surface area contributed by atoms with E-state index in [-0.39, 0.29) is 17.6 Å². The van der Waals surface area contributed by atoms with Gasteiger partial charge < -0.3 is 10.4 Å². The maximum Gasteiger partial charge on any atom is 0.266 e. The quantitative estimate of drug-likeness (QED) is 0.640. The van der Waals surface area contributed by atoms with Crippen LogP contribution in [0.25, 0.3) is 11.0 Å². The van der Waals surface area contributed by atoms with Crippen LogP contribution in [0.2, 0.25) is 0 Å². The lowest BCUT2D eigenvalue weighted by Crippen LogP contribution is -2.42. The number of nitrogens with zero attached hydrogens (tertiary/aromatic N) is 4. The van der Waals surface area contributed by atoms with Crippen LogP contribution in [0.5, 0.6) is 0 Å². The highest BCUT2D eigenvalue weighted by Gasteiger charge is 2.40. The fourth-order valence-electron chi connectivity index (χ4n) is 4.65. The summed E-state index contributed by atoms with van der Waals surface area (Å²) in [6.45, 7) is 2.69. The minimum absolute atomic E-state index is 0.0516. The molecule has 0 unspecified atom stereocenters. The molecule has 2 fully saturated rings. The molecule has 2 atom stereocenters. The van der Waals surface area contributed by atoms with Gasteiger partial charge in [-0.25, -0.2) is 17.7 Å². The highest BCUT2D eigenvalue weighted by atomic mass is 32.2. The van der Waals surface area contributed by atoms with E-state index in [1.165, 1.54) is 22.3 Å². The van der Waals surface area contributed by atoms with Gasteiger partial charge in [-0.15, -0.1) is 11.8 Å². The molecule has 2 N–H and O–H groups in total. The Kier molecular flexibility index (Phi) is 6.06. The molecule has 9 nitrogen and oxygen atoms in total. The molecule has 0 bridgehead atoms. The third kappa shape index (κ3) is 4.46. The lowest BCUT2D eigenvalue weighted by atomic mass is 10.00. The molecule has 1 aliphatic heterocycles. The number of hydrogen-bond acceptors (Lipinski definition) is 8. The van der Waals surface area contributed by atoms with Gasteiger partial charge in [0.2, 0.25) is 16.0 Å². The van der Waals surface area contributed by atoms with Crippen molar-refractivity contribution in [1.29, 1.82) is 0 Å². The van der Waals surface area contributed by atoms with E-state index in [0.717, 1.165) is 18.2 Å². The second-order valence-electron chi connectivity index (χ2n) is 8.71. The number of sulfonamides is 1. The summed E-state index contributed by atoms with van der Waals surface area (Å²) in [7, 11) is -3.18. The van der Waals surface area contributed by atoms with Gasteiger partial charge in [-0.05, 0) is 51.3 Å². The number of aliphatic hydroxyl groups is 1. The Morgan fingerprint density at radius 3 is 2.58 bits per heavy atom. The minimum atomic E-state index is -3.18. The molecule has 3 heterocycles. The van der Waals surface area contributed by atoms with Crippen LogP contribution in [0.3, 0.4) is 0 Å². The summed E-state index contributed by atoms with van der Waals surface area (Å²) in [5, 5.41) is 15.0. The smallest absolute Gasteiger partial charge is 0.266 e. The molecule has 2 aromatic heterocycles. The molecule has 0 radical (unpaired) electrons. The highest BCUT2D eigenvalue weighted by molar-refractivity contribution is 7.98. The molecule has 2 aliphatic rings. The van der Waals surface area contributed by atoms with E-state index in [1.807, 2.05) is 6.26 Å². The molecule has 1 saturated carbocycles. The van der Waals surface area contributed by atoms with Crippen LogP contribution in [0.15, 0.2) is 22.0 Å². The van der Waals surface area contributed by atoms with Crippen molar-refractivity contribution in [3.8, 4) is 0 Å². The molecule has 2 aromatic rings. The molecular formula is C20H29N5O4S2. The molecule has 31 heavy (non-hydrogen) atoms. The van der Waals surface area contributed by atoms with Crippen molar-refractivity contribution in [3.63, 3.8) is 0 Å². The van der Waals surface area contributed by atoms with E-state index < -0.39 is 15.6 Å². The van der Waals surface area contributed by atoms with Crippen LogP contribution in [0.4, 0.5) is 5.95 Å². The molecule has 0 spiro atoms. The average molecular weight is 468 g/mol. The highest BCUT2D eigenvalue weighted by Crippen LogP contribution is 2.39. The first-order valence-electron chi connectivity index (χ1n) is 10.5. The summed E-state index contributed by atoms with van der Waals surface area (Å²) in [6.07, 6.45) is 8.32. The number of hydrogen-bond donors (Lipinski definition) is 2. The number of nitrogens with one attached hydrogen (secondary N) is 1. The zero-order chi connectivity index (χ0) is 22.4. The third-order valence-electron chi connectivity index (χ3n) is 6.41. The van der Waals surface area contributed by atoms with Gasteiger partial charge in [0.1, 0.15) is 5.65 Å². The van der Waals surface area contributed by atoms with E-state index in [4.69, 9.17) is 0 Å². The number of thioether (sulfide) groups is 1. The van der Waals surface area contributed by atoms with Gasteiger partial charge in [0.05, 0.1) is 22.8 Å². The van der Waals surface area contributed by atoms with Crippen molar-refractivity contribution >= 4 is 38.8 Å². The lowest BCUT2D eigenvalue weighted by Gasteiger charge is -2.31. The molecule has 0 aromatic carbocycles. The fourth-order valence-corrected chi connectivity index (χ4v) is 6.04. The van der Waals surface area contributed by atoms with E-state index >= 15 is 0 Å². The maximum atomic E-state index is 13.2. The van der Waals surface area contributed by atoms with Crippen LogP contribution in [-0.4, -0.2) is 69.6 Å². The number of aromatic nitrogens is 3. The van der Waals surface area contributed by atoms with E-state index in [2.05, 4.69) is 15.3 Å². The van der Waals surface area contributed by atoms with Gasteiger partial charge >= 0.3 is 0 Å². The third-order valence-corrected chi connectivity index (χ3v) is 8.44. The Bertz CT molecular complexity index is 1140. The van der Waals surface area contributed by atoms with Crippen LogP contribution in [0, 0.1) is 0 Å². The zero-order valence-corrected chi connectivity index (χ0v) is 19.7. The van der Waals surface area contributed by atoms with Crippen molar-refractivity contribution in [2.45, 2.75) is 61.6 Å². The van der Waals surface area contributed by atoms with Crippen molar-refractivity contribution in [1.82, 2.24) is 18.8 Å². The Labute approximate surface area is 186 Å². The van der Waals surface area contributed by atoms with E-state index in [0.29, 0.717) is 48.8 Å². The topological polar surface area (TPSA) is 117 Å². The molecule has 1 aliphatic carbocycles. The van der Waals surface area contributed by atoms with Crippen LogP contribution >= 0.6 is 11.8 Å². The van der Waals surface area contributed by atoms with Crippen molar-refractivity contribution in [2.24, 2.45) is 0 Å². The van der Waals surface area contributed by atoms with Crippen molar-refractivity contribution in [3.05, 3.63) is 22.6 Å². The maximum absolute atomic E-state index is 13.2. The first-order valence-corrected chi connectivity index (χ1v) is 13.6. The van der Waals surface area contributed by atoms with Crippen molar-refractivity contribution < 1.29 is 13.5 Å². The minimum Gasteiger partial charge on any atom is -0.388 e. The molecule has 1 saturated heterocycles. The SMILES string of the molecule is CSc1cc2cnc(NC3CCN(S(C)(=O)=O)CC3)nc2n([C@@H]2CCC[C@@]2(C)O)c1=O. The van der Waals surface area contributed by atoms with Gasteiger partial charge in [-0.1, -0.05) is 0 Å². The fraction of sp³-hybridized carbons (Fsp3) is 0.650. The number of pyridine rings is 1. The molecule has 11 heteroatoms. The summed E-state index contributed by atoms with van der Waals surface area (Å²) < 4.78 is 26.6. The first-order chi connectivity index (χ1) is 14.6. The Morgan fingerprint density at radius 2 is 2.00 bits per heavy atom. The van der Waals surface area contributed by atoms with Gasteiger partial charge in [0, 0.05) is 30.7 Å². The molecule has 170 valence electrons. The van der Waals surface area contributed by atoms with E-state index in [1.54, 1.807) is 23.8 Å². The summed E-state index contributed by atoms with van der Waals surface area (Å²) in [5.74, 6) is 0.410. The van der Waals surface area contributed by atoms with Gasteiger partial charge in [0.25, 0.3) is 5.56 Å². The first kappa shape index (κ1) is 22.5. The van der Waals surface area contributed by atoms with Gasteiger partial charge in [0.15, 0.2) is 0 Å². The average Bonchev–Trinajstić information content (AvgIpc) is 3.06. The summed E-state index contributed by atoms with van der Waals surface area (Å²) in [4.78, 5) is 22.9. The van der Waals surface area contributed by atoms with Crippen LogP contribution < -0.4 is 10.9 Å². The summed E-state index contributed by atoms with van der Waals surface area (Å²) >= 11 is 1.38. The number of anilines is 1. The zero-order valence-electron chi connectivity index (χ0n) is 18.0. The van der Waals surface area contributed by atoms with Gasteiger partial charge in [-0.2, -0.15) is 4.98 Å². The largest absolute Gasteiger partial charge is 0.388 e. The normalized spacial score (nSPS) is 25.9. The van der Waals surface area contributed by atoms with Crippen LogP contribution in [-0.2, 0) is 10.0 Å². The Balaban J connectivity index is 1.67. The summed E-state index contributed by atoms with van der Waals surface area (Å²) in [6, 6.07) is 1.52. The number of fused-ring (bicyclic) bond motifs is 1. The molecular weight excluding hydrogens is 438 g/mol. The molecule has 0 amide bonds. The predicted octanol–water partition coefficient (Wildman–Crippen LogP) is 1.83. The predicted molar refractivity (Wildman–Crippen MR) is 122 cm³/mol. The number of piperidine rings is 1. The molecule has 4 rings (SSSR count). The monoisotopic (exact) mass is 467 g/mol. The Hall–Kier alpha value is -1.69. The van der Waals surface area contributed by atoms with Crippen LogP contribution in [0.1, 0.15) is 45.1 Å². The standard InChI is InChI=1S/C20H29N5O4S2/c1-20(27)8-4-5-16(20)25-17-13(11-15(30-2)18(25)26)12-21-19(23-17)22-14-6-9-24(10-7-14)31(3,28)29/h11-12,14,16,27H,4-10H2,1-3H3,(H,21,22,23)/t16-,20-/m1/s1. The van der Waals surface area contributed by atoms with Crippen molar-refractivity contribution in [2.75, 3.05) is 30.9 Å². The second-order valence-corrected chi connectivity index (χ2v) is 11.5. The Morgan fingerprint density at radius 1 is 1.29 bits per heavy atom. The van der Waals surface area contributed by atoms with E-state index in [9.17, 15) is 18.3 Å².